The smallest absolute Gasteiger partial charge is 0.144 e. The summed E-state index contributed by atoms with van der Waals surface area (Å²) in [6, 6.07) is 16.5. The third kappa shape index (κ3) is 3.23. The van der Waals surface area contributed by atoms with E-state index in [9.17, 15) is 0 Å². The van der Waals surface area contributed by atoms with Gasteiger partial charge in [0, 0.05) is 0 Å². The Morgan fingerprint density at radius 1 is 1.05 bits per heavy atom. The van der Waals surface area contributed by atoms with Crippen LogP contribution in [0.2, 0.25) is 0 Å². The predicted molar refractivity (Wildman–Crippen MR) is 85.1 cm³/mol. The lowest BCUT2D eigenvalue weighted by molar-refractivity contribution is 0.342. The van der Waals surface area contributed by atoms with E-state index in [1.807, 2.05) is 31.2 Å². The van der Waals surface area contributed by atoms with Crippen molar-refractivity contribution in [3.63, 3.8) is 0 Å². The van der Waals surface area contributed by atoms with Crippen molar-refractivity contribution in [1.29, 1.82) is 0 Å². The van der Waals surface area contributed by atoms with Crippen molar-refractivity contribution in [3.05, 3.63) is 54.1 Å². The Bertz CT molecular complexity index is 540. The lowest BCUT2D eigenvalue weighted by Gasteiger charge is -2.21. The van der Waals surface area contributed by atoms with Gasteiger partial charge in [0.2, 0.25) is 0 Å². The van der Waals surface area contributed by atoms with Crippen molar-refractivity contribution in [1.82, 2.24) is 0 Å². The van der Waals surface area contributed by atoms with Crippen LogP contribution in [-0.4, -0.2) is 6.61 Å². The lowest BCUT2D eigenvalue weighted by Crippen LogP contribution is -2.11. The van der Waals surface area contributed by atoms with E-state index in [2.05, 4.69) is 36.5 Å². The molecule has 0 heterocycles. The van der Waals surface area contributed by atoms with Gasteiger partial charge in [0.25, 0.3) is 0 Å². The second kappa shape index (κ2) is 6.85. The molecule has 0 bridgehead atoms. The SMILES string of the molecule is CCOc1cccc(NC(CC)c2ccccc2)c1N. The van der Waals surface area contributed by atoms with Crippen LogP contribution < -0.4 is 15.8 Å². The van der Waals surface area contributed by atoms with Crippen LogP contribution in [0, 0.1) is 0 Å². The maximum atomic E-state index is 6.16. The van der Waals surface area contributed by atoms with Gasteiger partial charge in [0.1, 0.15) is 5.75 Å². The molecule has 2 aromatic rings. The molecule has 0 fully saturated rings. The van der Waals surface area contributed by atoms with Gasteiger partial charge in [-0.3, -0.25) is 0 Å². The first kappa shape index (κ1) is 14.3. The van der Waals surface area contributed by atoms with Crippen LogP contribution in [0.1, 0.15) is 31.9 Å². The zero-order valence-electron chi connectivity index (χ0n) is 12.1. The Balaban J connectivity index is 2.22. The number of rotatable bonds is 6. The van der Waals surface area contributed by atoms with E-state index >= 15 is 0 Å². The number of hydrogen-bond donors (Lipinski definition) is 2. The highest BCUT2D eigenvalue weighted by atomic mass is 16.5. The Hall–Kier alpha value is -2.16. The van der Waals surface area contributed by atoms with E-state index in [1.54, 1.807) is 0 Å². The Kier molecular flexibility index (Phi) is 4.88. The standard InChI is InChI=1S/C17H22N2O/c1-3-14(13-9-6-5-7-10-13)19-15-11-8-12-16(17(15)18)20-4-2/h5-12,14,19H,3-4,18H2,1-2H3. The first-order valence-corrected chi connectivity index (χ1v) is 7.09. The fourth-order valence-electron chi connectivity index (χ4n) is 2.25. The number of ether oxygens (including phenoxy) is 1. The number of anilines is 2. The van der Waals surface area contributed by atoms with Gasteiger partial charge in [-0.25, -0.2) is 0 Å². The Labute approximate surface area is 120 Å². The average molecular weight is 270 g/mol. The summed E-state index contributed by atoms with van der Waals surface area (Å²) < 4.78 is 5.53. The molecule has 0 saturated carbocycles. The highest BCUT2D eigenvalue weighted by molar-refractivity contribution is 5.73. The molecule has 3 heteroatoms. The number of nitrogens with one attached hydrogen (secondary N) is 1. The average Bonchev–Trinajstić information content (AvgIpc) is 2.49. The molecule has 2 aromatic carbocycles. The van der Waals surface area contributed by atoms with E-state index in [4.69, 9.17) is 10.5 Å². The summed E-state index contributed by atoms with van der Waals surface area (Å²) in [4.78, 5) is 0. The third-order valence-corrected chi connectivity index (χ3v) is 3.31. The monoisotopic (exact) mass is 270 g/mol. The van der Waals surface area contributed by atoms with Gasteiger partial charge in [0.05, 0.1) is 24.0 Å². The number of para-hydroxylation sites is 1. The second-order valence-corrected chi connectivity index (χ2v) is 4.67. The number of benzene rings is 2. The van der Waals surface area contributed by atoms with Crippen LogP contribution in [0.3, 0.4) is 0 Å². The van der Waals surface area contributed by atoms with Crippen LogP contribution >= 0.6 is 0 Å². The molecule has 2 rings (SSSR count). The fraction of sp³-hybridized carbons (Fsp3) is 0.294. The zero-order valence-corrected chi connectivity index (χ0v) is 12.1. The van der Waals surface area contributed by atoms with Crippen LogP contribution in [0.25, 0.3) is 0 Å². The molecule has 106 valence electrons. The topological polar surface area (TPSA) is 47.3 Å². The second-order valence-electron chi connectivity index (χ2n) is 4.67. The number of nitrogen functional groups attached to an aromatic ring is 1. The first-order valence-electron chi connectivity index (χ1n) is 7.09. The van der Waals surface area contributed by atoms with Crippen LogP contribution in [-0.2, 0) is 0 Å². The fourth-order valence-corrected chi connectivity index (χ4v) is 2.25. The van der Waals surface area contributed by atoms with Crippen LogP contribution in [0.4, 0.5) is 11.4 Å². The first-order chi connectivity index (χ1) is 9.76. The minimum absolute atomic E-state index is 0.246. The molecular weight excluding hydrogens is 248 g/mol. The molecule has 3 N–H and O–H groups in total. The quantitative estimate of drug-likeness (QED) is 0.772. The molecule has 1 unspecified atom stereocenters. The largest absolute Gasteiger partial charge is 0.492 e. The van der Waals surface area contributed by atoms with Gasteiger partial charge < -0.3 is 15.8 Å². The normalized spacial score (nSPS) is 11.9. The molecule has 3 nitrogen and oxygen atoms in total. The van der Waals surface area contributed by atoms with Crippen molar-refractivity contribution in [3.8, 4) is 5.75 Å². The molecule has 0 spiro atoms. The molecule has 0 aromatic heterocycles. The highest BCUT2D eigenvalue weighted by Gasteiger charge is 2.12. The summed E-state index contributed by atoms with van der Waals surface area (Å²) in [7, 11) is 0. The molecular formula is C17H22N2O. The van der Waals surface area contributed by atoms with Gasteiger partial charge in [-0.05, 0) is 31.0 Å². The predicted octanol–water partition coefficient (Wildman–Crippen LogP) is 4.23. The minimum atomic E-state index is 0.246. The molecule has 0 aliphatic carbocycles. The molecule has 0 amide bonds. The molecule has 0 saturated heterocycles. The van der Waals surface area contributed by atoms with E-state index in [-0.39, 0.29) is 6.04 Å². The molecule has 20 heavy (non-hydrogen) atoms. The van der Waals surface area contributed by atoms with E-state index in [0.29, 0.717) is 12.3 Å². The Morgan fingerprint density at radius 2 is 1.80 bits per heavy atom. The van der Waals surface area contributed by atoms with Gasteiger partial charge in [0.15, 0.2) is 0 Å². The maximum Gasteiger partial charge on any atom is 0.144 e. The highest BCUT2D eigenvalue weighted by Crippen LogP contribution is 2.32. The van der Waals surface area contributed by atoms with Crippen molar-refractivity contribution in [2.24, 2.45) is 0 Å². The van der Waals surface area contributed by atoms with E-state index in [1.165, 1.54) is 5.56 Å². The summed E-state index contributed by atoms with van der Waals surface area (Å²) in [5.41, 5.74) is 9.02. The Morgan fingerprint density at radius 3 is 2.45 bits per heavy atom. The van der Waals surface area contributed by atoms with Crippen molar-refractivity contribution < 1.29 is 4.74 Å². The van der Waals surface area contributed by atoms with Crippen molar-refractivity contribution >= 4 is 11.4 Å². The number of nitrogens with two attached hydrogens (primary N) is 1. The molecule has 0 aliphatic heterocycles. The van der Waals surface area contributed by atoms with E-state index < -0.39 is 0 Å². The van der Waals surface area contributed by atoms with Gasteiger partial charge >= 0.3 is 0 Å². The van der Waals surface area contributed by atoms with Gasteiger partial charge in [-0.2, -0.15) is 0 Å². The summed E-state index contributed by atoms with van der Waals surface area (Å²) in [5.74, 6) is 0.736. The van der Waals surface area contributed by atoms with Crippen molar-refractivity contribution in [2.45, 2.75) is 26.3 Å². The third-order valence-electron chi connectivity index (χ3n) is 3.31. The zero-order chi connectivity index (χ0) is 14.4. The van der Waals surface area contributed by atoms with Gasteiger partial charge in [-0.1, -0.05) is 43.3 Å². The molecule has 0 radical (unpaired) electrons. The molecule has 0 aliphatic rings. The van der Waals surface area contributed by atoms with E-state index in [0.717, 1.165) is 17.9 Å². The van der Waals surface area contributed by atoms with Gasteiger partial charge in [-0.15, -0.1) is 0 Å². The molecule has 1 atom stereocenters. The summed E-state index contributed by atoms with van der Waals surface area (Å²) in [5, 5.41) is 3.51. The summed E-state index contributed by atoms with van der Waals surface area (Å²) in [6.45, 7) is 4.73. The maximum absolute atomic E-state index is 6.16. The summed E-state index contributed by atoms with van der Waals surface area (Å²) >= 11 is 0. The van der Waals surface area contributed by atoms with Crippen LogP contribution in [0.5, 0.6) is 5.75 Å². The summed E-state index contributed by atoms with van der Waals surface area (Å²) in [6.07, 6.45) is 0.988. The van der Waals surface area contributed by atoms with Crippen LogP contribution in [0.15, 0.2) is 48.5 Å². The number of hydrogen-bond acceptors (Lipinski definition) is 3. The lowest BCUT2D eigenvalue weighted by atomic mass is 10.0. The minimum Gasteiger partial charge on any atom is -0.492 e. The van der Waals surface area contributed by atoms with Crippen molar-refractivity contribution in [2.75, 3.05) is 17.7 Å².